The predicted octanol–water partition coefficient (Wildman–Crippen LogP) is 2.32. The molecule has 3 unspecified atom stereocenters. The number of nitrogens with one attached hydrogen (secondary N) is 1. The molecule has 1 amide bonds. The van der Waals surface area contributed by atoms with Crippen LogP contribution in [0.4, 0.5) is 0 Å². The first kappa shape index (κ1) is 16.5. The summed E-state index contributed by atoms with van der Waals surface area (Å²) in [5.41, 5.74) is 1.27. The maximum atomic E-state index is 12.6. The Bertz CT molecular complexity index is 505. The highest BCUT2D eigenvalue weighted by molar-refractivity contribution is 5.82. The summed E-state index contributed by atoms with van der Waals surface area (Å²) in [6, 6.07) is 10.4. The van der Waals surface area contributed by atoms with Gasteiger partial charge in [0.15, 0.2) is 0 Å². The summed E-state index contributed by atoms with van der Waals surface area (Å²) >= 11 is 0. The van der Waals surface area contributed by atoms with Crippen LogP contribution in [0.25, 0.3) is 0 Å². The molecule has 1 saturated heterocycles. The van der Waals surface area contributed by atoms with E-state index >= 15 is 0 Å². The van der Waals surface area contributed by atoms with Gasteiger partial charge >= 0.3 is 0 Å². The van der Waals surface area contributed by atoms with E-state index in [1.165, 1.54) is 5.56 Å². The fourth-order valence-electron chi connectivity index (χ4n) is 3.94. The van der Waals surface area contributed by atoms with Gasteiger partial charge in [-0.15, -0.1) is 0 Å². The molecular weight excluding hydrogens is 288 g/mol. The highest BCUT2D eigenvalue weighted by Gasteiger charge is 2.31. The van der Waals surface area contributed by atoms with Crippen molar-refractivity contribution in [1.29, 1.82) is 0 Å². The molecule has 2 fully saturated rings. The molecule has 126 valence electrons. The van der Waals surface area contributed by atoms with Crippen LogP contribution >= 0.6 is 0 Å². The van der Waals surface area contributed by atoms with Crippen LogP contribution in [0.2, 0.25) is 0 Å². The summed E-state index contributed by atoms with van der Waals surface area (Å²) in [5, 5.41) is 12.9. The normalized spacial score (nSPS) is 28.7. The number of aliphatic hydroxyl groups is 1. The summed E-state index contributed by atoms with van der Waals surface area (Å²) in [4.78, 5) is 14.8. The van der Waals surface area contributed by atoms with E-state index in [0.717, 1.165) is 51.6 Å². The Hall–Kier alpha value is -1.39. The van der Waals surface area contributed by atoms with Gasteiger partial charge in [-0.25, -0.2) is 0 Å². The molecule has 4 heteroatoms. The van der Waals surface area contributed by atoms with E-state index in [-0.39, 0.29) is 18.1 Å². The number of aliphatic hydroxyl groups excluding tert-OH is 1. The Balaban J connectivity index is 1.49. The molecule has 4 nitrogen and oxygen atoms in total. The smallest absolute Gasteiger partial charge is 0.237 e. The molecule has 0 aromatic heterocycles. The third kappa shape index (κ3) is 4.55. The van der Waals surface area contributed by atoms with Gasteiger partial charge in [0.05, 0.1) is 12.1 Å². The van der Waals surface area contributed by atoms with E-state index in [9.17, 15) is 9.90 Å². The van der Waals surface area contributed by atoms with Gasteiger partial charge in [-0.2, -0.15) is 0 Å². The van der Waals surface area contributed by atoms with Crippen molar-refractivity contribution in [3.05, 3.63) is 35.9 Å². The zero-order valence-electron chi connectivity index (χ0n) is 13.8. The summed E-state index contributed by atoms with van der Waals surface area (Å²) in [5.74, 6) is 0.602. The Morgan fingerprint density at radius 1 is 1.17 bits per heavy atom. The molecule has 1 saturated carbocycles. The number of likely N-dealkylation sites (tertiary alicyclic amines) is 1. The number of nitrogens with zero attached hydrogens (tertiary/aromatic N) is 1. The Morgan fingerprint density at radius 3 is 2.78 bits per heavy atom. The average Bonchev–Trinajstić information content (AvgIpc) is 3.02. The van der Waals surface area contributed by atoms with Crippen LogP contribution in [0.15, 0.2) is 30.3 Å². The minimum atomic E-state index is -0.174. The summed E-state index contributed by atoms with van der Waals surface area (Å²) < 4.78 is 0. The summed E-state index contributed by atoms with van der Waals surface area (Å²) in [6.07, 6.45) is 5.81. The minimum Gasteiger partial charge on any atom is -0.393 e. The van der Waals surface area contributed by atoms with E-state index in [0.29, 0.717) is 12.5 Å². The van der Waals surface area contributed by atoms with Gasteiger partial charge < -0.3 is 10.4 Å². The zero-order chi connectivity index (χ0) is 16.1. The summed E-state index contributed by atoms with van der Waals surface area (Å²) in [6.45, 7) is 2.56. The maximum absolute atomic E-state index is 12.6. The largest absolute Gasteiger partial charge is 0.393 e. The van der Waals surface area contributed by atoms with E-state index in [1.54, 1.807) is 0 Å². The first-order valence-corrected chi connectivity index (χ1v) is 8.96. The molecule has 3 rings (SSSR count). The molecule has 2 aliphatic rings. The quantitative estimate of drug-likeness (QED) is 0.876. The number of carbonyl (C=O) groups excluding carboxylic acids is 1. The van der Waals surface area contributed by atoms with E-state index in [4.69, 9.17) is 0 Å². The molecule has 2 N–H and O–H groups in total. The molecule has 3 atom stereocenters. The molecule has 1 heterocycles. The van der Waals surface area contributed by atoms with Crippen molar-refractivity contribution in [1.82, 2.24) is 10.2 Å². The van der Waals surface area contributed by atoms with Crippen molar-refractivity contribution < 1.29 is 9.90 Å². The van der Waals surface area contributed by atoms with E-state index in [2.05, 4.69) is 34.5 Å². The van der Waals surface area contributed by atoms with Gasteiger partial charge in [0.2, 0.25) is 5.91 Å². The van der Waals surface area contributed by atoms with E-state index in [1.807, 2.05) is 6.07 Å². The van der Waals surface area contributed by atoms with Gasteiger partial charge in [0.1, 0.15) is 0 Å². The number of benzene rings is 1. The van der Waals surface area contributed by atoms with Gasteiger partial charge in [0, 0.05) is 13.1 Å². The fourth-order valence-corrected chi connectivity index (χ4v) is 3.94. The monoisotopic (exact) mass is 316 g/mol. The predicted molar refractivity (Wildman–Crippen MR) is 90.8 cm³/mol. The number of carbonyl (C=O) groups is 1. The SMILES string of the molecule is O=C(NCC1CCCC(O)C1)C1CCCN1Cc1ccccc1. The summed E-state index contributed by atoms with van der Waals surface area (Å²) in [7, 11) is 0. The topological polar surface area (TPSA) is 52.6 Å². The van der Waals surface area contributed by atoms with Crippen molar-refractivity contribution in [3.8, 4) is 0 Å². The van der Waals surface area contributed by atoms with Gasteiger partial charge in [-0.1, -0.05) is 36.8 Å². The zero-order valence-corrected chi connectivity index (χ0v) is 13.8. The first-order valence-electron chi connectivity index (χ1n) is 8.96. The number of rotatable bonds is 5. The third-order valence-electron chi connectivity index (χ3n) is 5.21. The van der Waals surface area contributed by atoms with Crippen molar-refractivity contribution in [2.75, 3.05) is 13.1 Å². The maximum Gasteiger partial charge on any atom is 0.237 e. The highest BCUT2D eigenvalue weighted by atomic mass is 16.3. The van der Waals surface area contributed by atoms with Crippen LogP contribution in [0.1, 0.15) is 44.1 Å². The lowest BCUT2D eigenvalue weighted by atomic mass is 9.87. The van der Waals surface area contributed by atoms with Crippen molar-refractivity contribution in [2.45, 2.75) is 57.2 Å². The fraction of sp³-hybridized carbons (Fsp3) is 0.632. The molecular formula is C19H28N2O2. The second-order valence-corrected chi connectivity index (χ2v) is 7.05. The number of hydrogen-bond acceptors (Lipinski definition) is 3. The minimum absolute atomic E-state index is 0.00344. The average molecular weight is 316 g/mol. The standard InChI is InChI=1S/C19H28N2O2/c22-17-9-4-8-16(12-17)13-20-19(23)18-10-5-11-21(18)14-15-6-2-1-3-7-15/h1-3,6-7,16-18,22H,4-5,8-14H2,(H,20,23). The van der Waals surface area contributed by atoms with Crippen LogP contribution in [0.3, 0.4) is 0 Å². The molecule has 0 bridgehead atoms. The van der Waals surface area contributed by atoms with Crippen molar-refractivity contribution in [2.24, 2.45) is 5.92 Å². The molecule has 1 aliphatic carbocycles. The van der Waals surface area contributed by atoms with Crippen LogP contribution in [0.5, 0.6) is 0 Å². The molecule has 0 spiro atoms. The number of amides is 1. The van der Waals surface area contributed by atoms with Crippen LogP contribution in [-0.2, 0) is 11.3 Å². The molecule has 1 aromatic rings. The lowest BCUT2D eigenvalue weighted by molar-refractivity contribution is -0.126. The van der Waals surface area contributed by atoms with Crippen molar-refractivity contribution >= 4 is 5.91 Å². The van der Waals surface area contributed by atoms with E-state index < -0.39 is 0 Å². The molecule has 23 heavy (non-hydrogen) atoms. The Morgan fingerprint density at radius 2 is 2.00 bits per heavy atom. The second-order valence-electron chi connectivity index (χ2n) is 7.05. The highest BCUT2D eigenvalue weighted by Crippen LogP contribution is 2.24. The van der Waals surface area contributed by atoms with Crippen LogP contribution in [0, 0.1) is 5.92 Å². The molecule has 1 aromatic carbocycles. The molecule has 0 radical (unpaired) electrons. The molecule has 1 aliphatic heterocycles. The second kappa shape index (κ2) is 7.93. The first-order chi connectivity index (χ1) is 11.2. The van der Waals surface area contributed by atoms with Crippen molar-refractivity contribution in [3.63, 3.8) is 0 Å². The lowest BCUT2D eigenvalue weighted by Gasteiger charge is -2.28. The van der Waals surface area contributed by atoms with Gasteiger partial charge in [0.25, 0.3) is 0 Å². The van der Waals surface area contributed by atoms with Crippen LogP contribution in [-0.4, -0.2) is 41.1 Å². The van der Waals surface area contributed by atoms with Gasteiger partial charge in [-0.3, -0.25) is 9.69 Å². The van der Waals surface area contributed by atoms with Gasteiger partial charge in [-0.05, 0) is 50.1 Å². The Labute approximate surface area is 138 Å². The lowest BCUT2D eigenvalue weighted by Crippen LogP contribution is -2.44. The third-order valence-corrected chi connectivity index (χ3v) is 5.21. The van der Waals surface area contributed by atoms with Crippen LogP contribution < -0.4 is 5.32 Å². The number of hydrogen-bond donors (Lipinski definition) is 2. The Kier molecular flexibility index (Phi) is 5.68.